The van der Waals surface area contributed by atoms with Crippen molar-refractivity contribution in [1.29, 1.82) is 0 Å². The molecular weight excluding hydrogens is 350 g/mol. The van der Waals surface area contributed by atoms with Gasteiger partial charge in [-0.05, 0) is 42.9 Å². The summed E-state index contributed by atoms with van der Waals surface area (Å²) in [5, 5.41) is 9.31. The Morgan fingerprint density at radius 1 is 1.29 bits per heavy atom. The van der Waals surface area contributed by atoms with Gasteiger partial charge in [0.15, 0.2) is 10.8 Å². The number of carbonyl (C=O) groups excluding carboxylic acids is 2. The van der Waals surface area contributed by atoms with Crippen molar-refractivity contribution in [3.63, 3.8) is 0 Å². The number of aromatic amines is 1. The van der Waals surface area contributed by atoms with Crippen LogP contribution in [0.1, 0.15) is 21.7 Å². The molecule has 0 aliphatic heterocycles. The van der Waals surface area contributed by atoms with Crippen LogP contribution >= 0.6 is 23.8 Å². The van der Waals surface area contributed by atoms with Gasteiger partial charge >= 0.3 is 0 Å². The molecule has 0 aliphatic rings. The number of halogens is 1. The molecule has 2 aromatic rings. The van der Waals surface area contributed by atoms with Crippen molar-refractivity contribution in [3.8, 4) is 0 Å². The summed E-state index contributed by atoms with van der Waals surface area (Å²) in [7, 11) is 0. The summed E-state index contributed by atoms with van der Waals surface area (Å²) >= 11 is 10.9. The summed E-state index contributed by atoms with van der Waals surface area (Å²) < 4.78 is 0. The number of hydrazine groups is 1. The summed E-state index contributed by atoms with van der Waals surface area (Å²) in [5.74, 6) is -0.945. The molecule has 0 radical (unpaired) electrons. The molecule has 0 bridgehead atoms. The quantitative estimate of drug-likeness (QED) is 0.378. The Morgan fingerprint density at radius 3 is 2.71 bits per heavy atom. The van der Waals surface area contributed by atoms with E-state index in [1.54, 1.807) is 37.3 Å². The Labute approximate surface area is 148 Å². The summed E-state index contributed by atoms with van der Waals surface area (Å²) in [5.41, 5.74) is 6.40. The molecule has 0 saturated carbocycles. The van der Waals surface area contributed by atoms with Gasteiger partial charge in [-0.2, -0.15) is 5.10 Å². The Morgan fingerprint density at radius 2 is 2.04 bits per heavy atom. The number of nitrogens with zero attached hydrogens (tertiary/aromatic N) is 1. The van der Waals surface area contributed by atoms with Gasteiger partial charge in [0.05, 0.1) is 0 Å². The molecule has 2 amide bonds. The number of aryl methyl sites for hydroxylation is 1. The number of H-pyrrole nitrogens is 1. The highest BCUT2D eigenvalue weighted by molar-refractivity contribution is 7.80. The number of rotatable bonds is 3. The first-order chi connectivity index (χ1) is 11.5. The average Bonchev–Trinajstić information content (AvgIpc) is 2.98. The van der Waals surface area contributed by atoms with Gasteiger partial charge in [0.25, 0.3) is 5.91 Å². The minimum Gasteiger partial charge on any atom is -0.298 e. The lowest BCUT2D eigenvalue weighted by molar-refractivity contribution is -0.115. The average molecular weight is 364 g/mol. The molecule has 1 aromatic heterocycles. The minimum atomic E-state index is -0.484. The summed E-state index contributed by atoms with van der Waals surface area (Å²) in [6, 6.07) is 8.67. The second-order valence-electron chi connectivity index (χ2n) is 4.69. The number of hydrogen-bond donors (Lipinski definition) is 4. The van der Waals surface area contributed by atoms with Gasteiger partial charge in [-0.25, -0.2) is 0 Å². The van der Waals surface area contributed by atoms with E-state index >= 15 is 0 Å². The Balaban J connectivity index is 1.80. The fourth-order valence-corrected chi connectivity index (χ4v) is 2.02. The third-order valence-electron chi connectivity index (χ3n) is 2.78. The van der Waals surface area contributed by atoms with Gasteiger partial charge in [0.2, 0.25) is 5.91 Å². The Bertz CT molecular complexity index is 803. The Kier molecular flexibility index (Phi) is 6.05. The molecule has 124 valence electrons. The van der Waals surface area contributed by atoms with Gasteiger partial charge in [0, 0.05) is 16.8 Å². The first-order valence-corrected chi connectivity index (χ1v) is 7.60. The standard InChI is InChI=1S/C15H14ClN5O2S/c1-9-8-12(19-18-9)14(23)20-21-15(24)17-13(22)7-6-10-4-2-3-5-11(10)16/h2-8H,1H3,(H,18,19)(H,20,23)(H2,17,21,22,24)/b7-6+. The van der Waals surface area contributed by atoms with Crippen molar-refractivity contribution in [2.45, 2.75) is 6.92 Å². The molecule has 0 fully saturated rings. The molecule has 0 aliphatic carbocycles. The minimum absolute atomic E-state index is 0.0515. The lowest BCUT2D eigenvalue weighted by Gasteiger charge is -2.08. The van der Waals surface area contributed by atoms with Crippen molar-refractivity contribution in [1.82, 2.24) is 26.4 Å². The van der Waals surface area contributed by atoms with Crippen molar-refractivity contribution in [3.05, 3.63) is 58.4 Å². The van der Waals surface area contributed by atoms with Crippen LogP contribution in [0, 0.1) is 6.92 Å². The normalized spacial score (nSPS) is 10.4. The second-order valence-corrected chi connectivity index (χ2v) is 5.50. The molecule has 0 atom stereocenters. The van der Waals surface area contributed by atoms with Crippen LogP contribution in [-0.2, 0) is 4.79 Å². The van der Waals surface area contributed by atoms with Crippen LogP contribution in [0.4, 0.5) is 0 Å². The van der Waals surface area contributed by atoms with E-state index in [-0.39, 0.29) is 10.8 Å². The number of hydrogen-bond acceptors (Lipinski definition) is 4. The lowest BCUT2D eigenvalue weighted by Crippen LogP contribution is -2.48. The van der Waals surface area contributed by atoms with Crippen molar-refractivity contribution in [2.24, 2.45) is 0 Å². The number of nitrogens with one attached hydrogen (secondary N) is 4. The van der Waals surface area contributed by atoms with Crippen LogP contribution in [0.2, 0.25) is 5.02 Å². The highest BCUT2D eigenvalue weighted by Gasteiger charge is 2.09. The topological polar surface area (TPSA) is 98.9 Å². The smallest absolute Gasteiger partial charge is 0.290 e. The molecule has 0 spiro atoms. The Hall–Kier alpha value is -2.71. The number of benzene rings is 1. The molecular formula is C15H14ClN5O2S. The monoisotopic (exact) mass is 363 g/mol. The predicted molar refractivity (Wildman–Crippen MR) is 95.2 cm³/mol. The third kappa shape index (κ3) is 5.18. The maximum absolute atomic E-state index is 11.8. The third-order valence-corrected chi connectivity index (χ3v) is 3.33. The number of thiocarbonyl (C=S) groups is 1. The number of carbonyl (C=O) groups is 2. The first kappa shape index (κ1) is 17.6. The zero-order chi connectivity index (χ0) is 17.5. The molecule has 4 N–H and O–H groups in total. The van der Waals surface area contributed by atoms with Crippen molar-refractivity contribution in [2.75, 3.05) is 0 Å². The van der Waals surface area contributed by atoms with E-state index in [4.69, 9.17) is 23.8 Å². The lowest BCUT2D eigenvalue weighted by atomic mass is 10.2. The van der Waals surface area contributed by atoms with Gasteiger partial charge in [-0.3, -0.25) is 30.9 Å². The van der Waals surface area contributed by atoms with Crippen molar-refractivity contribution < 1.29 is 9.59 Å². The van der Waals surface area contributed by atoms with Crippen LogP contribution in [0.5, 0.6) is 0 Å². The van der Waals surface area contributed by atoms with Gasteiger partial charge in [-0.1, -0.05) is 29.8 Å². The van der Waals surface area contributed by atoms with Gasteiger partial charge < -0.3 is 0 Å². The van der Waals surface area contributed by atoms with Crippen molar-refractivity contribution >= 4 is 46.8 Å². The van der Waals surface area contributed by atoms with E-state index in [0.29, 0.717) is 10.6 Å². The van der Waals surface area contributed by atoms with E-state index in [1.165, 1.54) is 6.08 Å². The molecule has 24 heavy (non-hydrogen) atoms. The number of amides is 2. The molecule has 0 saturated heterocycles. The van der Waals surface area contributed by atoms with E-state index in [9.17, 15) is 9.59 Å². The first-order valence-electron chi connectivity index (χ1n) is 6.81. The molecule has 1 aromatic carbocycles. The number of aromatic nitrogens is 2. The zero-order valence-corrected chi connectivity index (χ0v) is 14.2. The van der Waals surface area contributed by atoms with E-state index < -0.39 is 11.8 Å². The molecule has 0 unspecified atom stereocenters. The fourth-order valence-electron chi connectivity index (χ4n) is 1.67. The molecule has 1 heterocycles. The van der Waals surface area contributed by atoms with Crippen LogP contribution in [-0.4, -0.2) is 27.1 Å². The van der Waals surface area contributed by atoms with E-state index in [2.05, 4.69) is 26.4 Å². The summed E-state index contributed by atoms with van der Waals surface area (Å²) in [6.45, 7) is 1.77. The maximum atomic E-state index is 11.8. The zero-order valence-electron chi connectivity index (χ0n) is 12.6. The summed E-state index contributed by atoms with van der Waals surface area (Å²) in [6.07, 6.45) is 2.85. The predicted octanol–water partition coefficient (Wildman–Crippen LogP) is 1.72. The highest BCUT2D eigenvalue weighted by Crippen LogP contribution is 2.15. The maximum Gasteiger partial charge on any atom is 0.290 e. The molecule has 7 nitrogen and oxygen atoms in total. The van der Waals surface area contributed by atoms with Crippen LogP contribution in [0.3, 0.4) is 0 Å². The van der Waals surface area contributed by atoms with Gasteiger partial charge in [-0.15, -0.1) is 0 Å². The largest absolute Gasteiger partial charge is 0.298 e. The van der Waals surface area contributed by atoms with E-state index in [1.807, 2.05) is 6.07 Å². The highest BCUT2D eigenvalue weighted by atomic mass is 35.5. The SMILES string of the molecule is Cc1cc(C(=O)NNC(=S)NC(=O)/C=C/c2ccccc2Cl)n[nH]1. The van der Waals surface area contributed by atoms with Gasteiger partial charge in [0.1, 0.15) is 0 Å². The van der Waals surface area contributed by atoms with E-state index in [0.717, 1.165) is 5.69 Å². The van der Waals surface area contributed by atoms with Crippen LogP contribution in [0.15, 0.2) is 36.4 Å². The second kappa shape index (κ2) is 8.23. The van der Waals surface area contributed by atoms with Crippen LogP contribution in [0.25, 0.3) is 6.08 Å². The summed E-state index contributed by atoms with van der Waals surface area (Å²) in [4.78, 5) is 23.5. The van der Waals surface area contributed by atoms with Crippen LogP contribution < -0.4 is 16.2 Å². The molecule has 9 heteroatoms. The fraction of sp³-hybridized carbons (Fsp3) is 0.0667. The molecule has 2 rings (SSSR count).